The Morgan fingerprint density at radius 1 is 1.41 bits per heavy atom. The topological polar surface area (TPSA) is 84.6 Å². The molecule has 0 aliphatic heterocycles. The number of hydrogen-bond donors (Lipinski definition) is 2. The molecule has 0 fully saturated rings. The lowest BCUT2D eigenvalue weighted by Gasteiger charge is -2.09. The third-order valence-electron chi connectivity index (χ3n) is 2.32. The van der Waals surface area contributed by atoms with Crippen molar-refractivity contribution in [1.29, 1.82) is 0 Å². The van der Waals surface area contributed by atoms with E-state index in [0.29, 0.717) is 11.3 Å². The molecular weight excluding hydrogens is 224 g/mol. The van der Waals surface area contributed by atoms with Crippen molar-refractivity contribution in [2.75, 3.05) is 7.11 Å². The molecule has 0 aliphatic rings. The van der Waals surface area contributed by atoms with Gasteiger partial charge in [0.25, 0.3) is 0 Å². The van der Waals surface area contributed by atoms with E-state index in [4.69, 9.17) is 9.94 Å². The van der Waals surface area contributed by atoms with Gasteiger partial charge in [0, 0.05) is 5.56 Å². The van der Waals surface area contributed by atoms with E-state index in [-0.39, 0.29) is 11.3 Å². The minimum atomic E-state index is -1.21. The number of hydrogen-bond acceptors (Lipinski definition) is 4. The summed E-state index contributed by atoms with van der Waals surface area (Å²) in [4.78, 5) is 17.2. The molecule has 6 heteroatoms. The molecule has 88 valence electrons. The fourth-order valence-electron chi connectivity index (χ4n) is 1.61. The van der Waals surface area contributed by atoms with E-state index in [0.717, 1.165) is 0 Å². The summed E-state index contributed by atoms with van der Waals surface area (Å²) in [5, 5.41) is 22.5. The molecule has 0 saturated heterocycles. The van der Waals surface area contributed by atoms with E-state index < -0.39 is 5.97 Å². The number of aromatic nitrogens is 2. The molecule has 0 atom stereocenters. The first-order valence-corrected chi connectivity index (χ1v) is 4.79. The number of aromatic carboxylic acids is 1. The van der Waals surface area contributed by atoms with Crippen molar-refractivity contribution in [2.24, 2.45) is 0 Å². The minimum absolute atomic E-state index is 0.175. The number of carboxylic acids is 1. The molecule has 2 aromatic rings. The maximum Gasteiger partial charge on any atom is 0.340 e. The van der Waals surface area contributed by atoms with E-state index >= 15 is 0 Å². The lowest BCUT2D eigenvalue weighted by molar-refractivity contribution is 0.0694. The van der Waals surface area contributed by atoms with Gasteiger partial charge in [0.15, 0.2) is 0 Å². The maximum absolute atomic E-state index is 11.1. The molecule has 0 bridgehead atoms. The van der Waals surface area contributed by atoms with E-state index in [1.807, 2.05) is 0 Å². The van der Waals surface area contributed by atoms with Gasteiger partial charge in [0.2, 0.25) is 0 Å². The monoisotopic (exact) mass is 234 g/mol. The molecule has 2 rings (SSSR count). The Bertz CT molecular complexity index is 562. The molecule has 0 aliphatic carbocycles. The van der Waals surface area contributed by atoms with Gasteiger partial charge in [0.05, 0.1) is 6.20 Å². The molecule has 0 unspecified atom stereocenters. The van der Waals surface area contributed by atoms with E-state index in [1.165, 1.54) is 24.2 Å². The smallest absolute Gasteiger partial charge is 0.340 e. The first kappa shape index (κ1) is 11.0. The van der Waals surface area contributed by atoms with Crippen molar-refractivity contribution in [3.8, 4) is 17.0 Å². The number of carbonyl (C=O) groups is 1. The van der Waals surface area contributed by atoms with Gasteiger partial charge in [0.1, 0.15) is 24.1 Å². The Labute approximate surface area is 96.6 Å². The molecule has 0 saturated carbocycles. The zero-order valence-corrected chi connectivity index (χ0v) is 8.99. The molecule has 2 N–H and O–H groups in total. The number of carboxylic acid groups (broad SMARTS) is 1. The van der Waals surface area contributed by atoms with Gasteiger partial charge in [-0.1, -0.05) is 17.0 Å². The predicted octanol–water partition coefficient (Wildman–Crippen LogP) is 1.01. The molecule has 1 aromatic carbocycles. The second-order valence-corrected chi connectivity index (χ2v) is 3.28. The van der Waals surface area contributed by atoms with Gasteiger partial charge in [-0.25, -0.2) is 4.79 Å². The quantitative estimate of drug-likeness (QED) is 0.828. The third kappa shape index (κ3) is 1.80. The van der Waals surface area contributed by atoms with Crippen LogP contribution in [-0.2, 0) is 0 Å². The summed E-state index contributed by atoms with van der Waals surface area (Å²) in [6, 6.07) is 6.06. The molecule has 1 heterocycles. The fraction of sp³-hybridized carbons (Fsp3) is 0.0909. The van der Waals surface area contributed by atoms with Gasteiger partial charge < -0.3 is 15.1 Å². The first-order chi connectivity index (χ1) is 8.15. The number of nitrogens with zero attached hydrogens (tertiary/aromatic N) is 2. The van der Waals surface area contributed by atoms with E-state index in [9.17, 15) is 9.90 Å². The van der Waals surface area contributed by atoms with Gasteiger partial charge in [-0.05, 0) is 12.1 Å². The van der Waals surface area contributed by atoms with Crippen molar-refractivity contribution >= 4 is 5.97 Å². The third-order valence-corrected chi connectivity index (χ3v) is 2.32. The highest BCUT2D eigenvalue weighted by Crippen LogP contribution is 2.29. The Balaban J connectivity index is 2.67. The van der Waals surface area contributed by atoms with Gasteiger partial charge in [-0.3, -0.25) is 0 Å². The van der Waals surface area contributed by atoms with E-state index in [2.05, 4.69) is 5.10 Å². The van der Waals surface area contributed by atoms with Gasteiger partial charge in [-0.15, -0.1) is 5.10 Å². The van der Waals surface area contributed by atoms with Crippen molar-refractivity contribution in [2.45, 2.75) is 0 Å². The van der Waals surface area contributed by atoms with Crippen LogP contribution in [0.4, 0.5) is 0 Å². The van der Waals surface area contributed by atoms with Gasteiger partial charge in [-0.2, -0.15) is 0 Å². The zero-order chi connectivity index (χ0) is 12.4. The van der Waals surface area contributed by atoms with Gasteiger partial charge >= 0.3 is 5.97 Å². The summed E-state index contributed by atoms with van der Waals surface area (Å²) in [6.45, 7) is 0. The fourth-order valence-corrected chi connectivity index (χ4v) is 1.61. The Morgan fingerprint density at radius 3 is 2.82 bits per heavy atom. The maximum atomic E-state index is 11.1. The van der Waals surface area contributed by atoms with Crippen LogP contribution in [-0.4, -0.2) is 33.2 Å². The van der Waals surface area contributed by atoms with Crippen molar-refractivity contribution in [3.05, 3.63) is 36.0 Å². The van der Waals surface area contributed by atoms with Crippen molar-refractivity contribution in [1.82, 2.24) is 9.94 Å². The van der Waals surface area contributed by atoms with Crippen LogP contribution in [0, 0.1) is 0 Å². The minimum Gasteiger partial charge on any atom is -0.507 e. The van der Waals surface area contributed by atoms with Crippen molar-refractivity contribution < 1.29 is 19.8 Å². The van der Waals surface area contributed by atoms with Crippen LogP contribution in [0.3, 0.4) is 0 Å². The van der Waals surface area contributed by atoms with Crippen LogP contribution in [0.25, 0.3) is 11.3 Å². The lowest BCUT2D eigenvalue weighted by atomic mass is 10.0. The van der Waals surface area contributed by atoms with Crippen LogP contribution >= 0.6 is 0 Å². The zero-order valence-electron chi connectivity index (χ0n) is 8.99. The number of benzene rings is 1. The molecular formula is C11H10N2O4. The molecule has 1 aromatic heterocycles. The summed E-state index contributed by atoms with van der Waals surface area (Å²) in [6.07, 6.45) is 1.48. The molecule has 6 nitrogen and oxygen atoms in total. The van der Waals surface area contributed by atoms with Crippen LogP contribution < -0.4 is 4.84 Å². The normalized spacial score (nSPS) is 10.2. The Kier molecular flexibility index (Phi) is 2.70. The second-order valence-electron chi connectivity index (χ2n) is 3.28. The Morgan fingerprint density at radius 2 is 2.18 bits per heavy atom. The summed E-state index contributed by atoms with van der Waals surface area (Å²) < 4.78 is 0. The van der Waals surface area contributed by atoms with Crippen LogP contribution in [0.5, 0.6) is 5.75 Å². The second kappa shape index (κ2) is 4.17. The summed E-state index contributed by atoms with van der Waals surface area (Å²) in [5.74, 6) is -1.50. The van der Waals surface area contributed by atoms with Crippen LogP contribution in [0.15, 0.2) is 30.5 Å². The molecule has 17 heavy (non-hydrogen) atoms. The van der Waals surface area contributed by atoms with Crippen molar-refractivity contribution in [3.63, 3.8) is 0 Å². The first-order valence-electron chi connectivity index (χ1n) is 4.79. The number of aromatic hydroxyl groups is 1. The molecule has 0 spiro atoms. The highest BCUT2D eigenvalue weighted by Gasteiger charge is 2.19. The van der Waals surface area contributed by atoms with E-state index in [1.54, 1.807) is 18.2 Å². The van der Waals surface area contributed by atoms with Crippen LogP contribution in [0.2, 0.25) is 0 Å². The highest BCUT2D eigenvalue weighted by molar-refractivity contribution is 5.98. The summed E-state index contributed by atoms with van der Waals surface area (Å²) in [5.41, 5.74) is 0.629. The summed E-state index contributed by atoms with van der Waals surface area (Å²) >= 11 is 0. The average Bonchev–Trinajstić information content (AvgIpc) is 2.75. The summed E-state index contributed by atoms with van der Waals surface area (Å²) in [7, 11) is 1.42. The van der Waals surface area contributed by atoms with Crippen LogP contribution in [0.1, 0.15) is 10.4 Å². The number of rotatable bonds is 3. The number of phenols is 1. The average molecular weight is 234 g/mol. The Hall–Kier alpha value is -2.50. The lowest BCUT2D eigenvalue weighted by Crippen LogP contribution is -2.10. The molecule has 0 radical (unpaired) electrons. The SMILES string of the molecule is COn1nccc1-c1cccc(O)c1C(=O)O. The highest BCUT2D eigenvalue weighted by atomic mass is 16.7. The standard InChI is InChI=1S/C11H10N2O4/c1-17-13-8(5-6-12-13)7-3-2-4-9(14)10(7)11(15)16/h2-6,14H,1H3,(H,15,16). The molecule has 0 amide bonds. The largest absolute Gasteiger partial charge is 0.507 e. The predicted molar refractivity (Wildman–Crippen MR) is 58.8 cm³/mol.